The van der Waals surface area contributed by atoms with E-state index in [1.165, 1.54) is 5.56 Å². The van der Waals surface area contributed by atoms with E-state index in [9.17, 15) is 0 Å². The topological polar surface area (TPSA) is 62.2 Å². The van der Waals surface area contributed by atoms with E-state index in [4.69, 9.17) is 9.47 Å². The first-order valence-corrected chi connectivity index (χ1v) is 11.6. The molecule has 7 heteroatoms. The zero-order chi connectivity index (χ0) is 22.2. The van der Waals surface area contributed by atoms with Gasteiger partial charge < -0.3 is 24.6 Å². The van der Waals surface area contributed by atoms with Gasteiger partial charge in [-0.2, -0.15) is 0 Å². The van der Waals surface area contributed by atoms with Crippen molar-refractivity contribution < 1.29 is 9.47 Å². The molecule has 2 aliphatic heterocycles. The molecular weight excluding hydrogens is 402 g/mol. The van der Waals surface area contributed by atoms with Crippen LogP contribution in [0.2, 0.25) is 0 Å². The number of nitrogens with one attached hydrogen (secondary N) is 1. The van der Waals surface area contributed by atoms with Gasteiger partial charge in [0.1, 0.15) is 5.82 Å². The van der Waals surface area contributed by atoms with Crippen LogP contribution in [0.4, 0.5) is 5.82 Å². The molecule has 2 aliphatic rings. The molecule has 32 heavy (non-hydrogen) atoms. The summed E-state index contributed by atoms with van der Waals surface area (Å²) in [7, 11) is 1.85. The van der Waals surface area contributed by atoms with Gasteiger partial charge in [-0.15, -0.1) is 0 Å². The van der Waals surface area contributed by atoms with Crippen molar-refractivity contribution >= 4 is 11.8 Å². The molecule has 0 saturated carbocycles. The van der Waals surface area contributed by atoms with Crippen molar-refractivity contribution in [2.75, 3.05) is 51.3 Å². The highest BCUT2D eigenvalue weighted by atomic mass is 16.5. The molecule has 172 valence electrons. The van der Waals surface area contributed by atoms with Crippen LogP contribution in [-0.4, -0.2) is 68.4 Å². The molecule has 2 atom stereocenters. The molecule has 4 rings (SSSR count). The monoisotopic (exact) mass is 437 g/mol. The van der Waals surface area contributed by atoms with Crippen LogP contribution in [0.1, 0.15) is 24.5 Å². The second-order valence-electron chi connectivity index (χ2n) is 8.65. The summed E-state index contributed by atoms with van der Waals surface area (Å²) >= 11 is 0. The van der Waals surface area contributed by atoms with Crippen LogP contribution in [0.25, 0.3) is 0 Å². The van der Waals surface area contributed by atoms with Crippen molar-refractivity contribution in [1.29, 1.82) is 0 Å². The highest BCUT2D eigenvalue weighted by Gasteiger charge is 2.25. The quantitative estimate of drug-likeness (QED) is 0.531. The van der Waals surface area contributed by atoms with Crippen LogP contribution in [0.3, 0.4) is 0 Å². The molecule has 2 unspecified atom stereocenters. The third-order valence-electron chi connectivity index (χ3n) is 6.09. The molecule has 1 aromatic heterocycles. The standard InChI is InChI=1S/C25H35N5O2/c1-20-16-29(12-13-32-20)24-9-8-22(14-27-24)15-28-25(26-2)30-11-10-23(17-30)19-31-18-21-6-4-3-5-7-21/h3-9,14,20,23H,10-13,15-19H2,1-2H3,(H,26,28). The Bertz CT molecular complexity index is 858. The van der Waals surface area contributed by atoms with E-state index >= 15 is 0 Å². The largest absolute Gasteiger partial charge is 0.376 e. The van der Waals surface area contributed by atoms with Gasteiger partial charge in [-0.3, -0.25) is 4.99 Å². The number of likely N-dealkylation sites (tertiary alicyclic amines) is 1. The average molecular weight is 438 g/mol. The van der Waals surface area contributed by atoms with E-state index in [2.05, 4.69) is 68.4 Å². The van der Waals surface area contributed by atoms with Gasteiger partial charge in [0.25, 0.3) is 0 Å². The first-order chi connectivity index (χ1) is 15.7. The highest BCUT2D eigenvalue weighted by molar-refractivity contribution is 5.80. The van der Waals surface area contributed by atoms with E-state index in [0.717, 1.165) is 63.2 Å². The number of nitrogens with zero attached hydrogens (tertiary/aromatic N) is 4. The number of guanidine groups is 1. The number of benzene rings is 1. The van der Waals surface area contributed by atoms with Gasteiger partial charge in [0.15, 0.2) is 5.96 Å². The molecule has 1 N–H and O–H groups in total. The summed E-state index contributed by atoms with van der Waals surface area (Å²) in [4.78, 5) is 13.8. The van der Waals surface area contributed by atoms with Gasteiger partial charge in [-0.05, 0) is 30.5 Å². The molecule has 0 aliphatic carbocycles. The number of aliphatic imine (C=N–C) groups is 1. The zero-order valence-corrected chi connectivity index (χ0v) is 19.2. The van der Waals surface area contributed by atoms with Crippen LogP contribution >= 0.6 is 0 Å². The van der Waals surface area contributed by atoms with Crippen LogP contribution in [0, 0.1) is 5.92 Å². The number of anilines is 1. The van der Waals surface area contributed by atoms with Crippen LogP contribution in [0.15, 0.2) is 53.7 Å². The Morgan fingerprint density at radius 1 is 1.16 bits per heavy atom. The van der Waals surface area contributed by atoms with Crippen molar-refractivity contribution in [3.8, 4) is 0 Å². The molecule has 2 aromatic rings. The molecule has 0 bridgehead atoms. The maximum atomic E-state index is 5.96. The summed E-state index contributed by atoms with van der Waals surface area (Å²) in [6.45, 7) is 8.81. The van der Waals surface area contributed by atoms with Gasteiger partial charge >= 0.3 is 0 Å². The maximum absolute atomic E-state index is 5.96. The van der Waals surface area contributed by atoms with Crippen LogP contribution < -0.4 is 10.2 Å². The summed E-state index contributed by atoms with van der Waals surface area (Å²) in [6, 6.07) is 14.6. The Labute approximate surface area is 191 Å². The minimum absolute atomic E-state index is 0.253. The minimum atomic E-state index is 0.253. The summed E-state index contributed by atoms with van der Waals surface area (Å²) < 4.78 is 11.6. The van der Waals surface area contributed by atoms with Crippen LogP contribution in [-0.2, 0) is 22.6 Å². The van der Waals surface area contributed by atoms with Gasteiger partial charge in [0, 0.05) is 51.9 Å². The normalized spacial score (nSPS) is 21.8. The summed E-state index contributed by atoms with van der Waals surface area (Å²) in [5.74, 6) is 2.50. The second-order valence-corrected chi connectivity index (χ2v) is 8.65. The van der Waals surface area contributed by atoms with E-state index in [1.54, 1.807) is 0 Å². The lowest BCUT2D eigenvalue weighted by Gasteiger charge is -2.32. The zero-order valence-electron chi connectivity index (χ0n) is 19.2. The van der Waals surface area contributed by atoms with Gasteiger partial charge in [-0.25, -0.2) is 4.98 Å². The Morgan fingerprint density at radius 2 is 2.03 bits per heavy atom. The number of aromatic nitrogens is 1. The second kappa shape index (κ2) is 11.3. The van der Waals surface area contributed by atoms with Gasteiger partial charge in [-0.1, -0.05) is 36.4 Å². The first-order valence-electron chi connectivity index (χ1n) is 11.6. The van der Waals surface area contributed by atoms with Crippen molar-refractivity contribution in [3.05, 3.63) is 59.8 Å². The summed E-state index contributed by atoms with van der Waals surface area (Å²) in [6.07, 6.45) is 3.34. The predicted molar refractivity (Wildman–Crippen MR) is 128 cm³/mol. The lowest BCUT2D eigenvalue weighted by molar-refractivity contribution is 0.0529. The number of ether oxygens (including phenoxy) is 2. The van der Waals surface area contributed by atoms with E-state index in [1.807, 2.05) is 19.3 Å². The predicted octanol–water partition coefficient (Wildman–Crippen LogP) is 2.92. The molecule has 2 saturated heterocycles. The van der Waals surface area contributed by atoms with Crippen molar-refractivity contribution in [2.24, 2.45) is 10.9 Å². The van der Waals surface area contributed by atoms with Crippen LogP contribution in [0.5, 0.6) is 0 Å². The lowest BCUT2D eigenvalue weighted by Crippen LogP contribution is -2.41. The van der Waals surface area contributed by atoms with Crippen molar-refractivity contribution in [3.63, 3.8) is 0 Å². The maximum Gasteiger partial charge on any atom is 0.193 e. The molecule has 3 heterocycles. The van der Waals surface area contributed by atoms with Gasteiger partial charge in [0.2, 0.25) is 0 Å². The molecule has 1 aromatic carbocycles. The number of pyridine rings is 1. The average Bonchev–Trinajstić information content (AvgIpc) is 3.29. The molecule has 7 nitrogen and oxygen atoms in total. The highest BCUT2D eigenvalue weighted by Crippen LogP contribution is 2.18. The molecular formula is C25H35N5O2. The van der Waals surface area contributed by atoms with E-state index < -0.39 is 0 Å². The molecule has 2 fully saturated rings. The van der Waals surface area contributed by atoms with Crippen molar-refractivity contribution in [1.82, 2.24) is 15.2 Å². The molecule has 0 spiro atoms. The summed E-state index contributed by atoms with van der Waals surface area (Å²) in [5.41, 5.74) is 2.38. The fraction of sp³-hybridized carbons (Fsp3) is 0.520. The number of hydrogen-bond acceptors (Lipinski definition) is 5. The Kier molecular flexibility index (Phi) is 7.96. The van der Waals surface area contributed by atoms with E-state index in [0.29, 0.717) is 19.1 Å². The van der Waals surface area contributed by atoms with Crippen molar-refractivity contribution in [2.45, 2.75) is 32.6 Å². The fourth-order valence-electron chi connectivity index (χ4n) is 4.33. The number of morpholine rings is 1. The fourth-order valence-corrected chi connectivity index (χ4v) is 4.33. The van der Waals surface area contributed by atoms with E-state index in [-0.39, 0.29) is 6.10 Å². The lowest BCUT2D eigenvalue weighted by atomic mass is 10.1. The Hall–Kier alpha value is -2.64. The third kappa shape index (κ3) is 6.20. The molecule has 0 amide bonds. The third-order valence-corrected chi connectivity index (χ3v) is 6.09. The van der Waals surface area contributed by atoms with Gasteiger partial charge in [0.05, 0.1) is 25.9 Å². The Balaban J connectivity index is 1.21. The smallest absolute Gasteiger partial charge is 0.193 e. The minimum Gasteiger partial charge on any atom is -0.376 e. The Morgan fingerprint density at radius 3 is 2.78 bits per heavy atom. The first kappa shape index (κ1) is 22.6. The molecule has 0 radical (unpaired) electrons. The number of hydrogen-bond donors (Lipinski definition) is 1. The number of rotatable bonds is 7. The SMILES string of the molecule is CN=C(NCc1ccc(N2CCOC(C)C2)nc1)N1CCC(COCc2ccccc2)C1. The summed E-state index contributed by atoms with van der Waals surface area (Å²) in [5, 5.41) is 3.50.